The van der Waals surface area contributed by atoms with E-state index in [0.717, 1.165) is 11.3 Å². The van der Waals surface area contributed by atoms with E-state index in [1.54, 1.807) is 13.8 Å². The lowest BCUT2D eigenvalue weighted by Crippen LogP contribution is -2.27. The van der Waals surface area contributed by atoms with Gasteiger partial charge >= 0.3 is 5.97 Å². The maximum atomic E-state index is 11.0. The topological polar surface area (TPSA) is 54.6 Å². The first-order valence-electron chi connectivity index (χ1n) is 5.29. The number of pyridine rings is 1. The highest BCUT2D eigenvalue weighted by atomic mass is 32.2. The monoisotopic (exact) mass is 250 g/mol. The molecule has 0 atom stereocenters. The molecule has 0 aliphatic heterocycles. The summed E-state index contributed by atoms with van der Waals surface area (Å²) in [6.07, 6.45) is 3.86. The summed E-state index contributed by atoms with van der Waals surface area (Å²) >= 11 is 1.38. The van der Waals surface area contributed by atoms with Crippen LogP contribution in [0, 0.1) is 0 Å². The molecule has 2 aromatic rings. The minimum Gasteiger partial charge on any atom is -0.480 e. The van der Waals surface area contributed by atoms with Gasteiger partial charge in [0.05, 0.1) is 5.69 Å². The largest absolute Gasteiger partial charge is 0.480 e. The average Bonchev–Trinajstić information content (AvgIpc) is 2.69. The number of aromatic nitrogens is 2. The maximum absolute atomic E-state index is 11.0. The van der Waals surface area contributed by atoms with Crippen molar-refractivity contribution in [1.29, 1.82) is 0 Å². The van der Waals surface area contributed by atoms with Crippen molar-refractivity contribution >= 4 is 23.4 Å². The van der Waals surface area contributed by atoms with Gasteiger partial charge in [-0.05, 0) is 26.0 Å². The molecule has 0 aromatic carbocycles. The van der Waals surface area contributed by atoms with Crippen molar-refractivity contribution < 1.29 is 9.90 Å². The van der Waals surface area contributed by atoms with Crippen molar-refractivity contribution in [2.75, 3.05) is 0 Å². The molecular weight excluding hydrogens is 236 g/mol. The summed E-state index contributed by atoms with van der Waals surface area (Å²) < 4.78 is 1.15. The Morgan fingerprint density at radius 1 is 1.53 bits per heavy atom. The number of hydrogen-bond donors (Lipinski definition) is 1. The lowest BCUT2D eigenvalue weighted by atomic mass is 10.2. The van der Waals surface area contributed by atoms with Crippen LogP contribution in [0.3, 0.4) is 0 Å². The molecule has 0 spiro atoms. The van der Waals surface area contributed by atoms with Gasteiger partial charge in [0.25, 0.3) is 0 Å². The number of hydrogen-bond acceptors (Lipinski definition) is 3. The number of aliphatic carboxylic acids is 1. The quantitative estimate of drug-likeness (QED) is 0.905. The smallest absolute Gasteiger partial charge is 0.319 e. The highest BCUT2D eigenvalue weighted by Crippen LogP contribution is 2.27. The molecule has 90 valence electrons. The van der Waals surface area contributed by atoms with Crippen molar-refractivity contribution in [3.63, 3.8) is 0 Å². The zero-order valence-corrected chi connectivity index (χ0v) is 10.6. The highest BCUT2D eigenvalue weighted by molar-refractivity contribution is 8.00. The number of fused-ring (bicyclic) bond motifs is 1. The molecule has 2 aromatic heterocycles. The van der Waals surface area contributed by atoms with Crippen molar-refractivity contribution in [2.45, 2.75) is 24.3 Å². The zero-order chi connectivity index (χ0) is 12.5. The average molecular weight is 250 g/mol. The van der Waals surface area contributed by atoms with E-state index in [0.29, 0.717) is 5.75 Å². The summed E-state index contributed by atoms with van der Waals surface area (Å²) in [5.74, 6) is -0.202. The van der Waals surface area contributed by atoms with Crippen LogP contribution in [0.1, 0.15) is 19.5 Å². The molecule has 1 N–H and O–H groups in total. The van der Waals surface area contributed by atoms with Gasteiger partial charge < -0.3 is 9.51 Å². The molecule has 2 heterocycles. The van der Waals surface area contributed by atoms with Crippen LogP contribution < -0.4 is 0 Å². The van der Waals surface area contributed by atoms with Crippen molar-refractivity contribution in [3.8, 4) is 0 Å². The Labute approximate surface area is 104 Å². The molecule has 0 amide bonds. The predicted octanol–water partition coefficient (Wildman–Crippen LogP) is 2.43. The van der Waals surface area contributed by atoms with Crippen molar-refractivity contribution in [1.82, 2.24) is 9.38 Å². The van der Waals surface area contributed by atoms with Crippen LogP contribution in [0.15, 0.2) is 30.6 Å². The molecule has 0 fully saturated rings. The van der Waals surface area contributed by atoms with Gasteiger partial charge in [-0.3, -0.25) is 4.79 Å². The minimum absolute atomic E-state index is 0.598. The van der Waals surface area contributed by atoms with Crippen LogP contribution in [0.2, 0.25) is 0 Å². The van der Waals surface area contributed by atoms with E-state index in [9.17, 15) is 4.79 Å². The van der Waals surface area contributed by atoms with Crippen LogP contribution in [-0.4, -0.2) is 25.2 Å². The third-order valence-corrected chi connectivity index (χ3v) is 3.85. The molecule has 0 aliphatic carbocycles. The normalized spacial score (nSPS) is 11.9. The lowest BCUT2D eigenvalue weighted by Gasteiger charge is -2.17. The summed E-state index contributed by atoms with van der Waals surface area (Å²) in [4.78, 5) is 15.4. The Morgan fingerprint density at radius 3 is 2.94 bits per heavy atom. The van der Waals surface area contributed by atoms with Crippen molar-refractivity contribution in [2.24, 2.45) is 0 Å². The fourth-order valence-electron chi connectivity index (χ4n) is 1.37. The third-order valence-electron chi connectivity index (χ3n) is 2.51. The second kappa shape index (κ2) is 4.41. The summed E-state index contributed by atoms with van der Waals surface area (Å²) in [7, 11) is 0. The van der Waals surface area contributed by atoms with Gasteiger partial charge in [-0.15, -0.1) is 11.8 Å². The van der Waals surface area contributed by atoms with Gasteiger partial charge in [0.15, 0.2) is 0 Å². The number of imidazole rings is 1. The molecule has 2 rings (SSSR count). The molecule has 0 radical (unpaired) electrons. The van der Waals surface area contributed by atoms with E-state index in [4.69, 9.17) is 5.11 Å². The van der Waals surface area contributed by atoms with Gasteiger partial charge in [0, 0.05) is 18.1 Å². The molecule has 4 nitrogen and oxygen atoms in total. The number of carboxylic acid groups (broad SMARTS) is 1. The molecule has 0 bridgehead atoms. The molecule has 0 aliphatic rings. The van der Waals surface area contributed by atoms with Crippen LogP contribution in [0.4, 0.5) is 0 Å². The summed E-state index contributed by atoms with van der Waals surface area (Å²) in [6, 6.07) is 5.80. The standard InChI is InChI=1S/C12H14N2O2S/c1-12(2,11(15)16)17-8-9-7-14-6-4-3-5-10(14)13-9/h3-7H,8H2,1-2H3,(H,15,16). The lowest BCUT2D eigenvalue weighted by molar-refractivity contribution is -0.138. The van der Waals surface area contributed by atoms with Crippen LogP contribution in [0.25, 0.3) is 5.65 Å². The second-order valence-corrected chi connectivity index (χ2v) is 5.90. The molecule has 0 saturated heterocycles. The molecule has 0 unspecified atom stereocenters. The van der Waals surface area contributed by atoms with E-state index >= 15 is 0 Å². The molecular formula is C12H14N2O2S. The molecule has 5 heteroatoms. The number of nitrogens with zero attached hydrogens (tertiary/aromatic N) is 2. The maximum Gasteiger partial charge on any atom is 0.319 e. The third kappa shape index (κ3) is 2.61. The van der Waals surface area contributed by atoms with Gasteiger partial charge in [-0.1, -0.05) is 6.07 Å². The summed E-state index contributed by atoms with van der Waals surface area (Å²) in [6.45, 7) is 3.41. The highest BCUT2D eigenvalue weighted by Gasteiger charge is 2.27. The summed E-state index contributed by atoms with van der Waals surface area (Å²) in [5, 5.41) is 9.01. The van der Waals surface area contributed by atoms with E-state index in [1.807, 2.05) is 35.0 Å². The van der Waals surface area contributed by atoms with Crippen molar-refractivity contribution in [3.05, 3.63) is 36.3 Å². The second-order valence-electron chi connectivity index (χ2n) is 4.30. The Bertz CT molecular complexity index is 515. The Hall–Kier alpha value is -1.49. The van der Waals surface area contributed by atoms with Crippen LogP contribution in [0.5, 0.6) is 0 Å². The van der Waals surface area contributed by atoms with Gasteiger partial charge in [-0.25, -0.2) is 4.98 Å². The minimum atomic E-state index is -0.800. The van der Waals surface area contributed by atoms with Gasteiger partial charge in [0.1, 0.15) is 10.4 Å². The van der Waals surface area contributed by atoms with E-state index < -0.39 is 10.7 Å². The summed E-state index contributed by atoms with van der Waals surface area (Å²) in [5.41, 5.74) is 1.78. The fraction of sp³-hybridized carbons (Fsp3) is 0.333. The van der Waals surface area contributed by atoms with E-state index in [-0.39, 0.29) is 0 Å². The first-order valence-corrected chi connectivity index (χ1v) is 6.27. The molecule has 17 heavy (non-hydrogen) atoms. The Morgan fingerprint density at radius 2 is 2.29 bits per heavy atom. The van der Waals surface area contributed by atoms with Crippen LogP contribution in [-0.2, 0) is 10.5 Å². The van der Waals surface area contributed by atoms with E-state index in [2.05, 4.69) is 4.98 Å². The predicted molar refractivity (Wildman–Crippen MR) is 68.2 cm³/mol. The Balaban J connectivity index is 2.12. The Kier molecular flexibility index (Phi) is 3.11. The number of thioether (sulfide) groups is 1. The first-order chi connectivity index (χ1) is 7.99. The number of carboxylic acids is 1. The number of rotatable bonds is 4. The SMILES string of the molecule is CC(C)(SCc1cn2ccccc2n1)C(=O)O. The number of carbonyl (C=O) groups is 1. The van der Waals surface area contributed by atoms with Gasteiger partial charge in [0.2, 0.25) is 0 Å². The van der Waals surface area contributed by atoms with Gasteiger partial charge in [-0.2, -0.15) is 0 Å². The van der Waals surface area contributed by atoms with E-state index in [1.165, 1.54) is 11.8 Å². The van der Waals surface area contributed by atoms with Crippen LogP contribution >= 0.6 is 11.8 Å². The first kappa shape index (κ1) is 12.0. The zero-order valence-electron chi connectivity index (χ0n) is 9.75. The molecule has 0 saturated carbocycles. The fourth-order valence-corrected chi connectivity index (χ4v) is 2.14.